The molecular formula is C52H38F9O2P2Pd. The third kappa shape index (κ3) is 15.4. The van der Waals surface area contributed by atoms with Crippen molar-refractivity contribution >= 4 is 57.7 Å². The first kappa shape index (κ1) is 51.1. The van der Waals surface area contributed by atoms with Crippen LogP contribution in [0.1, 0.15) is 27.0 Å². The van der Waals surface area contributed by atoms with E-state index in [0.717, 1.165) is 16.7 Å². The summed E-state index contributed by atoms with van der Waals surface area (Å²) in [6.45, 7) is 0. The van der Waals surface area contributed by atoms with Gasteiger partial charge in [0, 0.05) is 0 Å². The number of hydrogen-bond acceptors (Lipinski definition) is 1. The molecule has 0 aliphatic rings. The number of rotatable bonds is 7. The fraction of sp³-hybridized carbons (Fsp3) is 0.0577. The van der Waals surface area contributed by atoms with Crippen LogP contribution in [-0.2, 0) is 37.7 Å². The SMILES string of the molecule is FC(F)(F)c1ccccc1P(c1ccccc1)c1ccccc1.O=C(O)c1cc(C(F)(F)F)cc(C(F)(F)F)c1.[Pd][c]1ccccc1.c1ccc(P(c2ccccc2)c2ccccc2)cc1. The molecule has 14 heteroatoms. The summed E-state index contributed by atoms with van der Waals surface area (Å²) in [6.07, 6.45) is -14.4. The van der Waals surface area contributed by atoms with Crippen molar-refractivity contribution in [3.05, 3.63) is 247 Å². The molecule has 8 rings (SSSR count). The Hall–Kier alpha value is -5.88. The summed E-state index contributed by atoms with van der Waals surface area (Å²) in [7, 11) is -1.70. The van der Waals surface area contributed by atoms with Gasteiger partial charge in [-0.1, -0.05) is 170 Å². The van der Waals surface area contributed by atoms with Gasteiger partial charge in [-0.3, -0.25) is 0 Å². The van der Waals surface area contributed by atoms with Gasteiger partial charge in [-0.2, -0.15) is 39.5 Å². The first-order valence-corrected chi connectivity index (χ1v) is 23.1. The van der Waals surface area contributed by atoms with Gasteiger partial charge in [0.15, 0.2) is 0 Å². The third-order valence-corrected chi connectivity index (χ3v) is 14.5. The molecule has 0 saturated heterocycles. The molecule has 8 aromatic rings. The van der Waals surface area contributed by atoms with Crippen molar-refractivity contribution < 1.29 is 68.6 Å². The minimum atomic E-state index is -5.04. The summed E-state index contributed by atoms with van der Waals surface area (Å²) in [5.74, 6) is -1.86. The average Bonchev–Trinajstić information content (AvgIpc) is 3.31. The van der Waals surface area contributed by atoms with Crippen LogP contribution in [0.15, 0.2) is 224 Å². The Bertz CT molecular complexity index is 2520. The van der Waals surface area contributed by atoms with Crippen LogP contribution in [0.25, 0.3) is 0 Å². The molecule has 0 fully saturated rings. The largest absolute Gasteiger partial charge is 0.0622 e. The Kier molecular flexibility index (Phi) is 18.6. The minimum Gasteiger partial charge on any atom is -0.0622 e. The standard InChI is InChI=1S/C19H14F3P.C18H15P.C9H4F6O2.C6H5.Pd/c20-19(21,22)17-13-7-8-14-18(17)23(15-9-3-1-4-10-15)16-11-5-2-6-12-16;1-4-10-16(11-5-1)19(17-12-6-2-7-13-17)18-14-8-3-9-15-18;10-8(11,12)5-1-4(7(16)17)2-6(3-5)9(13,14)15;1-2-4-6-5-3-1;/h1-14H;1-15H;1-3H,(H,16,17);1-5H;. The Morgan fingerprint density at radius 1 is 0.379 bits per heavy atom. The molecule has 8 aromatic carbocycles. The molecular weight excluding hydrogens is 996 g/mol. The maximum absolute atomic E-state index is 13.5. The van der Waals surface area contributed by atoms with E-state index in [-0.39, 0.29) is 18.2 Å². The second-order valence-corrected chi connectivity index (χ2v) is 19.0. The van der Waals surface area contributed by atoms with E-state index in [9.17, 15) is 44.3 Å². The van der Waals surface area contributed by atoms with Gasteiger partial charge >= 0.3 is 78.1 Å². The van der Waals surface area contributed by atoms with Crippen molar-refractivity contribution in [3.8, 4) is 0 Å². The third-order valence-electron chi connectivity index (χ3n) is 9.07. The second-order valence-electron chi connectivity index (χ2n) is 13.7. The van der Waals surface area contributed by atoms with E-state index in [0.29, 0.717) is 5.30 Å². The zero-order valence-corrected chi connectivity index (χ0v) is 37.7. The van der Waals surface area contributed by atoms with E-state index >= 15 is 0 Å². The van der Waals surface area contributed by atoms with Crippen LogP contribution >= 0.6 is 15.8 Å². The molecule has 0 unspecified atom stereocenters. The van der Waals surface area contributed by atoms with Crippen LogP contribution in [0.4, 0.5) is 39.5 Å². The van der Waals surface area contributed by atoms with E-state index in [1.54, 1.807) is 12.1 Å². The van der Waals surface area contributed by atoms with Crippen molar-refractivity contribution in [2.45, 2.75) is 18.5 Å². The van der Waals surface area contributed by atoms with E-state index < -0.39 is 62.6 Å². The zero-order valence-electron chi connectivity index (χ0n) is 34.3. The summed E-state index contributed by atoms with van der Waals surface area (Å²) < 4.78 is 115. The van der Waals surface area contributed by atoms with E-state index in [4.69, 9.17) is 5.11 Å². The van der Waals surface area contributed by atoms with Crippen molar-refractivity contribution in [1.29, 1.82) is 0 Å². The topological polar surface area (TPSA) is 37.3 Å². The number of halogens is 9. The summed E-state index contributed by atoms with van der Waals surface area (Å²) >= 11 is 3.07. The van der Waals surface area contributed by atoms with Gasteiger partial charge in [-0.25, -0.2) is 4.79 Å². The van der Waals surface area contributed by atoms with Gasteiger partial charge in [-0.15, -0.1) is 0 Å². The Morgan fingerprint density at radius 2 is 0.667 bits per heavy atom. The van der Waals surface area contributed by atoms with E-state index in [1.807, 2.05) is 91.0 Å². The molecule has 0 bridgehead atoms. The minimum absolute atomic E-state index is 0.133. The van der Waals surface area contributed by atoms with E-state index in [2.05, 4.69) is 110 Å². The number of benzene rings is 8. The second kappa shape index (κ2) is 24.1. The van der Waals surface area contributed by atoms with Gasteiger partial charge in [0.1, 0.15) is 0 Å². The fourth-order valence-electron chi connectivity index (χ4n) is 6.15. The molecule has 0 aliphatic carbocycles. The number of hydrogen-bond donors (Lipinski definition) is 1. The summed E-state index contributed by atoms with van der Waals surface area (Å²) in [5.41, 5.74) is -4.92. The predicted octanol–water partition coefficient (Wildman–Crippen LogP) is 12.2. The summed E-state index contributed by atoms with van der Waals surface area (Å²) in [5, 5.41) is 14.8. The smallest absolute Gasteiger partial charge is 0.0134 e. The molecule has 0 aromatic heterocycles. The fourth-order valence-corrected chi connectivity index (χ4v) is 11.2. The van der Waals surface area contributed by atoms with Crippen LogP contribution in [0.3, 0.4) is 0 Å². The van der Waals surface area contributed by atoms with Gasteiger partial charge in [0.2, 0.25) is 0 Å². The molecule has 0 saturated carbocycles. The number of carboxylic acids is 1. The summed E-state index contributed by atoms with van der Waals surface area (Å²) in [4.78, 5) is 10.4. The number of carboxylic acid groups (broad SMARTS) is 1. The summed E-state index contributed by atoms with van der Waals surface area (Å²) in [6, 6.07) is 67.2. The molecule has 2 nitrogen and oxygen atoms in total. The zero-order chi connectivity index (χ0) is 47.7. The maximum Gasteiger partial charge on any atom is -0.0134 e. The van der Waals surface area contributed by atoms with Crippen molar-refractivity contribution in [1.82, 2.24) is 0 Å². The predicted molar refractivity (Wildman–Crippen MR) is 245 cm³/mol. The van der Waals surface area contributed by atoms with Gasteiger partial charge in [0.25, 0.3) is 0 Å². The Balaban J connectivity index is 0.000000174. The normalized spacial score (nSPS) is 11.3. The Morgan fingerprint density at radius 3 is 0.939 bits per heavy atom. The van der Waals surface area contributed by atoms with Crippen LogP contribution in [0.5, 0.6) is 0 Å². The molecule has 0 spiro atoms. The van der Waals surface area contributed by atoms with Gasteiger partial charge in [0.05, 0.1) is 22.3 Å². The maximum atomic E-state index is 13.5. The van der Waals surface area contributed by atoms with Crippen LogP contribution in [0, 0.1) is 0 Å². The average molecular weight is 1030 g/mol. The molecule has 1 N–H and O–H groups in total. The van der Waals surface area contributed by atoms with Gasteiger partial charge < -0.3 is 5.11 Å². The molecule has 341 valence electrons. The molecule has 0 atom stereocenters. The van der Waals surface area contributed by atoms with Crippen LogP contribution in [-0.4, -0.2) is 11.1 Å². The quantitative estimate of drug-likeness (QED) is 0.0981. The van der Waals surface area contributed by atoms with Crippen LogP contribution < -0.4 is 35.9 Å². The van der Waals surface area contributed by atoms with Crippen molar-refractivity contribution in [2.75, 3.05) is 0 Å². The number of carbonyl (C=O) groups is 1. The molecule has 66 heavy (non-hydrogen) atoms. The molecule has 0 radical (unpaired) electrons. The van der Waals surface area contributed by atoms with Crippen LogP contribution in [0.2, 0.25) is 0 Å². The first-order valence-electron chi connectivity index (χ1n) is 19.7. The molecule has 0 amide bonds. The first-order chi connectivity index (χ1) is 31.4. The van der Waals surface area contributed by atoms with Crippen molar-refractivity contribution in [2.24, 2.45) is 0 Å². The number of alkyl halides is 9. The van der Waals surface area contributed by atoms with Crippen molar-refractivity contribution in [3.63, 3.8) is 0 Å². The number of aromatic carboxylic acids is 1. The van der Waals surface area contributed by atoms with E-state index in [1.165, 1.54) is 26.0 Å². The molecule has 0 heterocycles. The Labute approximate surface area is 389 Å². The molecule has 0 aliphatic heterocycles. The monoisotopic (exact) mass is 1030 g/mol. The van der Waals surface area contributed by atoms with Gasteiger partial charge in [-0.05, 0) is 71.9 Å².